The zero-order valence-electron chi connectivity index (χ0n) is 9.51. The fourth-order valence-corrected chi connectivity index (χ4v) is 3.30. The largest absolute Gasteiger partial charge is 0.393 e. The Morgan fingerprint density at radius 3 is 2.56 bits per heavy atom. The molecular weight excluding hydrogens is 293 g/mol. The zero-order valence-corrected chi connectivity index (χ0v) is 13.2. The molecule has 16 heavy (non-hydrogen) atoms. The summed E-state index contributed by atoms with van der Waals surface area (Å²) in [7, 11) is 0. The van der Waals surface area contributed by atoms with E-state index in [1.165, 1.54) is 17.7 Å². The Morgan fingerprint density at radius 1 is 1.19 bits per heavy atom. The van der Waals surface area contributed by atoms with Gasteiger partial charge in [0.25, 0.3) is 0 Å². The maximum absolute atomic E-state index is 9.41. The molecule has 1 nitrogen and oxygen atoms in total. The van der Waals surface area contributed by atoms with Gasteiger partial charge in [-0.15, -0.1) is 0 Å². The molecule has 2 unspecified atom stereocenters. The van der Waals surface area contributed by atoms with Crippen molar-refractivity contribution < 1.29 is 37.8 Å². The minimum absolute atomic E-state index is 0. The summed E-state index contributed by atoms with van der Waals surface area (Å²) in [6.07, 6.45) is 3.22. The quantitative estimate of drug-likeness (QED) is 0.922. The first-order chi connectivity index (χ1) is 7.34. The van der Waals surface area contributed by atoms with Crippen molar-refractivity contribution in [3.05, 3.63) is 35.9 Å². The van der Waals surface area contributed by atoms with Gasteiger partial charge < -0.3 is 5.11 Å². The standard InChI is InChI=1S/C13H18OS.Y/c14-13-7-6-12(8-13)10-15-9-11-4-2-1-3-5-11;/h1-5,12-14H,6-10H2;. The normalized spacial score (nSPS) is 24.1. The Morgan fingerprint density at radius 2 is 1.94 bits per heavy atom. The molecule has 0 bridgehead atoms. The van der Waals surface area contributed by atoms with Crippen molar-refractivity contribution in [3.8, 4) is 0 Å². The van der Waals surface area contributed by atoms with E-state index >= 15 is 0 Å². The summed E-state index contributed by atoms with van der Waals surface area (Å²) in [5.41, 5.74) is 1.40. The van der Waals surface area contributed by atoms with E-state index < -0.39 is 0 Å². The average Bonchev–Trinajstić information content (AvgIpc) is 2.66. The second-order valence-electron chi connectivity index (χ2n) is 4.33. The molecule has 1 fully saturated rings. The van der Waals surface area contributed by atoms with Crippen LogP contribution in [0.15, 0.2) is 30.3 Å². The fraction of sp³-hybridized carbons (Fsp3) is 0.538. The number of hydrogen-bond donors (Lipinski definition) is 1. The minimum Gasteiger partial charge on any atom is -0.393 e. The van der Waals surface area contributed by atoms with Crippen molar-refractivity contribution in [3.63, 3.8) is 0 Å². The van der Waals surface area contributed by atoms with Gasteiger partial charge in [-0.25, -0.2) is 0 Å². The van der Waals surface area contributed by atoms with Crippen LogP contribution in [-0.4, -0.2) is 17.0 Å². The summed E-state index contributed by atoms with van der Waals surface area (Å²) in [5, 5.41) is 9.41. The van der Waals surface area contributed by atoms with E-state index in [2.05, 4.69) is 30.3 Å². The van der Waals surface area contributed by atoms with Gasteiger partial charge in [0.15, 0.2) is 0 Å². The second kappa shape index (κ2) is 7.86. The molecule has 1 aliphatic rings. The van der Waals surface area contributed by atoms with Crippen molar-refractivity contribution in [1.82, 2.24) is 0 Å². The van der Waals surface area contributed by atoms with Crippen LogP contribution in [0.4, 0.5) is 0 Å². The molecule has 1 N–H and O–H groups in total. The van der Waals surface area contributed by atoms with E-state index in [0.717, 1.165) is 24.5 Å². The third-order valence-corrected chi connectivity index (χ3v) is 4.22. The molecule has 0 aliphatic heterocycles. The Labute approximate surface area is 127 Å². The molecule has 0 amide bonds. The molecule has 0 saturated heterocycles. The zero-order chi connectivity index (χ0) is 10.5. The molecule has 0 aromatic heterocycles. The molecule has 1 aliphatic carbocycles. The van der Waals surface area contributed by atoms with Crippen LogP contribution in [0.25, 0.3) is 0 Å². The van der Waals surface area contributed by atoms with Crippen LogP contribution in [0.2, 0.25) is 0 Å². The van der Waals surface area contributed by atoms with E-state index in [1.807, 2.05) is 11.8 Å². The summed E-state index contributed by atoms with van der Waals surface area (Å²) in [6, 6.07) is 10.6. The minimum atomic E-state index is -0.0210. The van der Waals surface area contributed by atoms with Gasteiger partial charge in [-0.2, -0.15) is 11.8 Å². The molecule has 2 atom stereocenters. The molecule has 1 aromatic rings. The summed E-state index contributed by atoms with van der Waals surface area (Å²) < 4.78 is 0. The van der Waals surface area contributed by atoms with Crippen molar-refractivity contribution in [2.24, 2.45) is 5.92 Å². The molecule has 1 aromatic carbocycles. The van der Waals surface area contributed by atoms with Crippen molar-refractivity contribution in [2.75, 3.05) is 5.75 Å². The Bertz CT molecular complexity index is 291. The fourth-order valence-electron chi connectivity index (χ4n) is 2.12. The van der Waals surface area contributed by atoms with Crippen LogP contribution in [0, 0.1) is 5.92 Å². The summed E-state index contributed by atoms with van der Waals surface area (Å²) in [5.74, 6) is 3.05. The first-order valence-corrected chi connectivity index (χ1v) is 6.80. The molecule has 3 heteroatoms. The Hall–Kier alpha value is 0.634. The van der Waals surface area contributed by atoms with Crippen LogP contribution < -0.4 is 0 Å². The number of aliphatic hydroxyl groups excluding tert-OH is 1. The molecule has 85 valence electrons. The van der Waals surface area contributed by atoms with E-state index in [4.69, 9.17) is 0 Å². The average molecular weight is 311 g/mol. The SMILES string of the molecule is OC1CCC(CSCc2ccccc2)C1.[Y]. The predicted molar refractivity (Wildman–Crippen MR) is 66.0 cm³/mol. The molecule has 0 heterocycles. The van der Waals surface area contributed by atoms with Gasteiger partial charge in [0, 0.05) is 38.5 Å². The van der Waals surface area contributed by atoms with Gasteiger partial charge in [-0.1, -0.05) is 30.3 Å². The van der Waals surface area contributed by atoms with Crippen molar-refractivity contribution in [1.29, 1.82) is 0 Å². The number of thioether (sulfide) groups is 1. The topological polar surface area (TPSA) is 20.2 Å². The number of aliphatic hydroxyl groups is 1. The van der Waals surface area contributed by atoms with E-state index in [0.29, 0.717) is 0 Å². The second-order valence-corrected chi connectivity index (χ2v) is 5.36. The predicted octanol–water partition coefficient (Wildman–Crippen LogP) is 3.08. The number of hydrogen-bond acceptors (Lipinski definition) is 2. The van der Waals surface area contributed by atoms with Gasteiger partial charge in [0.05, 0.1) is 6.10 Å². The molecule has 2 rings (SSSR count). The van der Waals surface area contributed by atoms with Crippen LogP contribution in [0.3, 0.4) is 0 Å². The van der Waals surface area contributed by atoms with Gasteiger partial charge in [0.1, 0.15) is 0 Å². The van der Waals surface area contributed by atoms with E-state index in [-0.39, 0.29) is 38.8 Å². The van der Waals surface area contributed by atoms with Gasteiger partial charge in [-0.05, 0) is 36.5 Å². The summed E-state index contributed by atoms with van der Waals surface area (Å²) in [4.78, 5) is 0. The first kappa shape index (κ1) is 14.7. The molecule has 1 radical (unpaired) electrons. The van der Waals surface area contributed by atoms with Gasteiger partial charge in [0.2, 0.25) is 0 Å². The first-order valence-electron chi connectivity index (χ1n) is 5.64. The van der Waals surface area contributed by atoms with E-state index in [1.54, 1.807) is 0 Å². The van der Waals surface area contributed by atoms with Crippen molar-refractivity contribution in [2.45, 2.75) is 31.1 Å². The van der Waals surface area contributed by atoms with Crippen LogP contribution in [-0.2, 0) is 38.5 Å². The molecular formula is C13H18OSY. The van der Waals surface area contributed by atoms with Gasteiger partial charge >= 0.3 is 0 Å². The van der Waals surface area contributed by atoms with Crippen LogP contribution >= 0.6 is 11.8 Å². The number of benzene rings is 1. The summed E-state index contributed by atoms with van der Waals surface area (Å²) in [6.45, 7) is 0. The van der Waals surface area contributed by atoms with Crippen LogP contribution in [0.5, 0.6) is 0 Å². The maximum Gasteiger partial charge on any atom is 0.0543 e. The Kier molecular flexibility index (Phi) is 7.22. The van der Waals surface area contributed by atoms with Crippen molar-refractivity contribution >= 4 is 11.8 Å². The Balaban J connectivity index is 0.00000128. The van der Waals surface area contributed by atoms with E-state index in [9.17, 15) is 5.11 Å². The smallest absolute Gasteiger partial charge is 0.0543 e. The molecule has 0 spiro atoms. The third kappa shape index (κ3) is 4.87. The van der Waals surface area contributed by atoms with Gasteiger partial charge in [-0.3, -0.25) is 0 Å². The van der Waals surface area contributed by atoms with Crippen LogP contribution in [0.1, 0.15) is 24.8 Å². The maximum atomic E-state index is 9.41. The summed E-state index contributed by atoms with van der Waals surface area (Å²) >= 11 is 1.99. The third-order valence-electron chi connectivity index (χ3n) is 2.98. The monoisotopic (exact) mass is 311 g/mol. The number of rotatable bonds is 4. The molecule has 1 saturated carbocycles.